The predicted molar refractivity (Wildman–Crippen MR) is 168 cm³/mol. The van der Waals surface area contributed by atoms with Crippen LogP contribution in [0.2, 0.25) is 0 Å². The molecule has 0 aromatic heterocycles. The average Bonchev–Trinajstić information content (AvgIpc) is 3.21. The highest BCUT2D eigenvalue weighted by Crippen LogP contribution is 2.75. The number of fused-ring (bicyclic) bond motifs is 7. The van der Waals surface area contributed by atoms with Gasteiger partial charge in [-0.2, -0.15) is 0 Å². The van der Waals surface area contributed by atoms with E-state index >= 15 is 0 Å². The number of aliphatic hydroxyl groups is 6. The lowest BCUT2D eigenvalue weighted by atomic mass is 9.39. The minimum absolute atomic E-state index is 0.0102. The van der Waals surface area contributed by atoms with Crippen molar-refractivity contribution in [2.24, 2.45) is 39.4 Å². The van der Waals surface area contributed by atoms with Crippen molar-refractivity contribution in [2.45, 2.75) is 129 Å². The molecule has 11 nitrogen and oxygen atoms in total. The molecule has 4 aliphatic carbocycles. The number of allylic oxidation sites excluding steroid dienone is 5. The standard InChI is InChI=1S/C36H52O11/c1-16(2)11-19-30(43)36(8,44)28-21(45-19)13-33(5)23-10-9-17-18(35(23,7)24(38)14-34(28,33)6)12-20(29(42)32(17,3)4)46-31-27(41)26(40)25(39)22(15-37)47-31/h9,11-12,18-19,21-23,25-28,30-31,37,39-41,43-44H,10,13-15H2,1-8H3/t18-,19+,21-,22-,23+,25-,26-,27-,28+,30-,31-,33+,34-,35+,36-/m1/s1. The fraction of sp³-hybridized carbons (Fsp3) is 0.778. The summed E-state index contributed by atoms with van der Waals surface area (Å²) in [7, 11) is 0. The summed E-state index contributed by atoms with van der Waals surface area (Å²) in [5.41, 5.74) is -3.00. The highest BCUT2D eigenvalue weighted by Gasteiger charge is 2.76. The Labute approximate surface area is 276 Å². The lowest BCUT2D eigenvalue weighted by molar-refractivity contribution is -0.291. The van der Waals surface area contributed by atoms with Gasteiger partial charge in [-0.15, -0.1) is 0 Å². The molecular formula is C36H52O11. The molecule has 0 radical (unpaired) electrons. The molecule has 0 spiro atoms. The first-order chi connectivity index (χ1) is 21.7. The molecule has 47 heavy (non-hydrogen) atoms. The van der Waals surface area contributed by atoms with Crippen molar-refractivity contribution in [1.82, 2.24) is 0 Å². The first-order valence-corrected chi connectivity index (χ1v) is 16.9. The van der Waals surface area contributed by atoms with Crippen LogP contribution in [0.1, 0.15) is 74.7 Å². The van der Waals surface area contributed by atoms with Crippen molar-refractivity contribution in [3.05, 3.63) is 35.1 Å². The number of ketones is 2. The van der Waals surface area contributed by atoms with E-state index in [0.29, 0.717) is 12.8 Å². The molecule has 6 rings (SSSR count). The topological polar surface area (TPSA) is 183 Å². The van der Waals surface area contributed by atoms with Crippen molar-refractivity contribution < 1.29 is 54.4 Å². The Morgan fingerprint density at radius 3 is 2.26 bits per heavy atom. The van der Waals surface area contributed by atoms with Gasteiger partial charge in [-0.3, -0.25) is 9.59 Å². The minimum atomic E-state index is -1.70. The smallest absolute Gasteiger partial charge is 0.229 e. The third-order valence-electron chi connectivity index (χ3n) is 13.5. The van der Waals surface area contributed by atoms with E-state index in [1.54, 1.807) is 26.8 Å². The first-order valence-electron chi connectivity index (χ1n) is 16.9. The van der Waals surface area contributed by atoms with Crippen molar-refractivity contribution in [1.29, 1.82) is 0 Å². The van der Waals surface area contributed by atoms with Gasteiger partial charge in [0.05, 0.1) is 23.7 Å². The number of aliphatic hydroxyl groups excluding tert-OH is 5. The Morgan fingerprint density at radius 2 is 1.64 bits per heavy atom. The molecule has 11 heteroatoms. The Kier molecular flexibility index (Phi) is 8.18. The van der Waals surface area contributed by atoms with Crippen LogP contribution in [-0.4, -0.2) is 103 Å². The van der Waals surface area contributed by atoms with E-state index in [9.17, 15) is 40.2 Å². The second-order valence-corrected chi connectivity index (χ2v) is 16.7. The predicted octanol–water partition coefficient (Wildman–Crippen LogP) is 1.72. The molecule has 2 saturated carbocycles. The number of rotatable bonds is 4. The van der Waals surface area contributed by atoms with Gasteiger partial charge in [0, 0.05) is 23.7 Å². The normalized spacial score (nSPS) is 51.9. The van der Waals surface area contributed by atoms with Crippen LogP contribution in [0.4, 0.5) is 0 Å². The summed E-state index contributed by atoms with van der Waals surface area (Å²) in [6.45, 7) is 14.6. The molecule has 15 atom stereocenters. The number of carbonyl (C=O) groups excluding carboxylic acids is 2. The van der Waals surface area contributed by atoms with Gasteiger partial charge >= 0.3 is 0 Å². The van der Waals surface area contributed by atoms with Gasteiger partial charge in [0.2, 0.25) is 12.1 Å². The summed E-state index contributed by atoms with van der Waals surface area (Å²) in [6.07, 6.45) is -3.15. The maximum absolute atomic E-state index is 14.7. The van der Waals surface area contributed by atoms with Crippen LogP contribution in [0, 0.1) is 39.4 Å². The fourth-order valence-corrected chi connectivity index (χ4v) is 10.7. The first kappa shape index (κ1) is 34.9. The second-order valence-electron chi connectivity index (χ2n) is 16.7. The molecule has 4 fully saturated rings. The third kappa shape index (κ3) is 4.60. The highest BCUT2D eigenvalue weighted by atomic mass is 16.7. The Balaban J connectivity index is 1.41. The maximum Gasteiger partial charge on any atom is 0.229 e. The van der Waals surface area contributed by atoms with Crippen LogP contribution in [0.15, 0.2) is 35.1 Å². The molecule has 0 bridgehead atoms. The van der Waals surface area contributed by atoms with E-state index in [2.05, 4.69) is 19.9 Å². The number of ether oxygens (including phenoxy) is 3. The Bertz CT molecular complexity index is 1420. The third-order valence-corrected chi connectivity index (χ3v) is 13.5. The molecule has 2 heterocycles. The maximum atomic E-state index is 14.7. The van der Waals surface area contributed by atoms with Gasteiger partial charge in [-0.05, 0) is 70.3 Å². The molecular weight excluding hydrogens is 608 g/mol. The van der Waals surface area contributed by atoms with Crippen molar-refractivity contribution in [3.8, 4) is 0 Å². The molecule has 0 aromatic carbocycles. The number of carbonyl (C=O) groups is 2. The number of hydrogen-bond donors (Lipinski definition) is 6. The van der Waals surface area contributed by atoms with E-state index in [4.69, 9.17) is 14.2 Å². The Hall–Kier alpha value is -1.96. The Morgan fingerprint density at radius 1 is 0.979 bits per heavy atom. The van der Waals surface area contributed by atoms with E-state index in [-0.39, 0.29) is 29.7 Å². The summed E-state index contributed by atoms with van der Waals surface area (Å²) < 4.78 is 18.1. The quantitative estimate of drug-likeness (QED) is 0.242. The number of Topliss-reactive ketones (excluding diaryl/α,β-unsaturated/α-hetero) is 2. The highest BCUT2D eigenvalue weighted by molar-refractivity contribution is 6.02. The second kappa shape index (κ2) is 11.0. The molecule has 262 valence electrons. The molecule has 6 aliphatic rings. The molecule has 2 aliphatic heterocycles. The van der Waals surface area contributed by atoms with Crippen molar-refractivity contribution >= 4 is 11.6 Å². The molecule has 0 aromatic rings. The van der Waals surface area contributed by atoms with E-state index in [1.165, 1.54) is 0 Å². The zero-order chi connectivity index (χ0) is 34.8. The van der Waals surface area contributed by atoms with E-state index in [1.807, 2.05) is 26.8 Å². The van der Waals surface area contributed by atoms with Crippen LogP contribution in [0.5, 0.6) is 0 Å². The average molecular weight is 661 g/mol. The largest absolute Gasteiger partial charge is 0.459 e. The summed E-state index contributed by atoms with van der Waals surface area (Å²) in [5, 5.41) is 64.3. The zero-order valence-electron chi connectivity index (χ0n) is 28.6. The lowest BCUT2D eigenvalue weighted by Crippen LogP contribution is -2.67. The fourth-order valence-electron chi connectivity index (χ4n) is 10.7. The van der Waals surface area contributed by atoms with Gasteiger partial charge < -0.3 is 44.8 Å². The van der Waals surface area contributed by atoms with E-state index in [0.717, 1.165) is 11.1 Å². The molecule has 2 saturated heterocycles. The van der Waals surface area contributed by atoms with Gasteiger partial charge in [0.15, 0.2) is 5.76 Å². The van der Waals surface area contributed by atoms with Gasteiger partial charge in [-0.25, -0.2) is 0 Å². The van der Waals surface area contributed by atoms with Crippen molar-refractivity contribution in [2.75, 3.05) is 6.61 Å². The van der Waals surface area contributed by atoms with E-state index < -0.39 is 94.7 Å². The van der Waals surface area contributed by atoms with Crippen LogP contribution >= 0.6 is 0 Å². The zero-order valence-corrected chi connectivity index (χ0v) is 28.6. The van der Waals surface area contributed by atoms with Crippen LogP contribution < -0.4 is 0 Å². The minimum Gasteiger partial charge on any atom is -0.459 e. The van der Waals surface area contributed by atoms with Gasteiger partial charge in [0.25, 0.3) is 0 Å². The number of hydrogen-bond acceptors (Lipinski definition) is 11. The lowest BCUT2D eigenvalue weighted by Gasteiger charge is -2.64. The summed E-state index contributed by atoms with van der Waals surface area (Å²) in [4.78, 5) is 28.7. The summed E-state index contributed by atoms with van der Waals surface area (Å²) in [6, 6.07) is 0. The molecule has 0 unspecified atom stereocenters. The summed E-state index contributed by atoms with van der Waals surface area (Å²) >= 11 is 0. The van der Waals surface area contributed by atoms with Gasteiger partial charge in [0.1, 0.15) is 42.4 Å². The molecule has 6 N–H and O–H groups in total. The SMILES string of the molecule is CC(C)=C[C@@H]1O[C@@H]2C[C@@]3(C)[C@@H]4CC=C5[C@@H](C=C(O[C@@H]6O[C@H](CO)[C@@H](O)[C@@H](O)[C@H]6O)C(=O)C5(C)C)[C@]4(C)C(=O)C[C@]3(C)[C@H]2[C@@](C)(O)[C@@H]1O. The van der Waals surface area contributed by atoms with Gasteiger partial charge in [-0.1, -0.05) is 44.1 Å². The summed E-state index contributed by atoms with van der Waals surface area (Å²) in [5.74, 6) is -1.77. The van der Waals surface area contributed by atoms with Crippen LogP contribution in [-0.2, 0) is 23.8 Å². The molecule has 0 amide bonds. The van der Waals surface area contributed by atoms with Crippen molar-refractivity contribution in [3.63, 3.8) is 0 Å². The monoisotopic (exact) mass is 660 g/mol. The van der Waals surface area contributed by atoms with Crippen LogP contribution in [0.25, 0.3) is 0 Å². The van der Waals surface area contributed by atoms with Crippen LogP contribution in [0.3, 0.4) is 0 Å².